The second kappa shape index (κ2) is 8.99. The summed E-state index contributed by atoms with van der Waals surface area (Å²) in [5.74, 6) is -1.52. The number of rotatable bonds is 6. The van der Waals surface area contributed by atoms with Crippen LogP contribution >= 0.6 is 0 Å². The van der Waals surface area contributed by atoms with E-state index in [9.17, 15) is 22.4 Å². The van der Waals surface area contributed by atoms with Gasteiger partial charge in [0.1, 0.15) is 11.4 Å². The van der Waals surface area contributed by atoms with Crippen molar-refractivity contribution in [2.45, 2.75) is 39.8 Å². The normalized spacial score (nSPS) is 19.8. The summed E-state index contributed by atoms with van der Waals surface area (Å²) in [5.41, 5.74) is 1.73. The van der Waals surface area contributed by atoms with E-state index in [0.717, 1.165) is 15.4 Å². The molecule has 7 nitrogen and oxygen atoms in total. The van der Waals surface area contributed by atoms with Gasteiger partial charge in [0.05, 0.1) is 12.3 Å². The minimum Gasteiger partial charge on any atom is -0.350 e. The van der Waals surface area contributed by atoms with Crippen molar-refractivity contribution < 1.29 is 22.4 Å². The van der Waals surface area contributed by atoms with E-state index in [1.807, 2.05) is 26.0 Å². The summed E-state index contributed by atoms with van der Waals surface area (Å²) < 4.78 is 39.4. The smallest absolute Gasteiger partial charge is 0.247 e. The molecule has 1 aliphatic heterocycles. The van der Waals surface area contributed by atoms with Crippen molar-refractivity contribution in [2.75, 3.05) is 23.7 Å². The molecule has 0 bridgehead atoms. The fourth-order valence-corrected chi connectivity index (χ4v) is 4.91. The van der Waals surface area contributed by atoms with E-state index in [2.05, 4.69) is 5.32 Å². The largest absolute Gasteiger partial charge is 0.350 e. The molecule has 0 unspecified atom stereocenters. The third-order valence-corrected chi connectivity index (χ3v) is 7.68. The van der Waals surface area contributed by atoms with Crippen LogP contribution in [0.2, 0.25) is 0 Å². The van der Waals surface area contributed by atoms with E-state index in [-0.39, 0.29) is 31.2 Å². The monoisotopic (exact) mass is 461 g/mol. The second-order valence-corrected chi connectivity index (χ2v) is 10.5. The highest BCUT2D eigenvalue weighted by molar-refractivity contribution is 7.89. The number of halogens is 1. The fourth-order valence-electron chi connectivity index (χ4n) is 3.79. The molecular formula is C23H28FN3O4S. The Kier molecular flexibility index (Phi) is 6.71. The lowest BCUT2D eigenvalue weighted by Gasteiger charge is -2.46. The van der Waals surface area contributed by atoms with Gasteiger partial charge in [-0.05, 0) is 68.7 Å². The van der Waals surface area contributed by atoms with Crippen LogP contribution < -0.4 is 10.2 Å². The third kappa shape index (κ3) is 4.68. The predicted molar refractivity (Wildman–Crippen MR) is 121 cm³/mol. The third-order valence-electron chi connectivity index (χ3n) is 5.90. The van der Waals surface area contributed by atoms with Crippen molar-refractivity contribution in [1.82, 2.24) is 9.62 Å². The highest BCUT2D eigenvalue weighted by atomic mass is 32.2. The Bertz CT molecular complexity index is 1130. The molecule has 2 aromatic rings. The summed E-state index contributed by atoms with van der Waals surface area (Å²) in [6, 6.07) is 11.1. The van der Waals surface area contributed by atoms with Gasteiger partial charge in [0.2, 0.25) is 21.8 Å². The van der Waals surface area contributed by atoms with Gasteiger partial charge in [0, 0.05) is 18.8 Å². The maximum Gasteiger partial charge on any atom is 0.247 e. The number of amides is 2. The van der Waals surface area contributed by atoms with E-state index in [1.165, 1.54) is 24.0 Å². The summed E-state index contributed by atoms with van der Waals surface area (Å²) in [6.07, 6.45) is 0. The van der Waals surface area contributed by atoms with Crippen molar-refractivity contribution in [1.29, 1.82) is 0 Å². The van der Waals surface area contributed by atoms with E-state index >= 15 is 0 Å². The van der Waals surface area contributed by atoms with Gasteiger partial charge in [0.15, 0.2) is 0 Å². The lowest BCUT2D eigenvalue weighted by Crippen LogP contribution is -2.70. The molecule has 2 amide bonds. The van der Waals surface area contributed by atoms with Crippen molar-refractivity contribution >= 4 is 27.5 Å². The minimum atomic E-state index is -3.69. The summed E-state index contributed by atoms with van der Waals surface area (Å²) >= 11 is 0. The molecule has 0 saturated carbocycles. The number of hydrogen-bond donors (Lipinski definition) is 1. The molecule has 1 N–H and O–H groups in total. The standard InChI is InChI=1S/C23H28FN3O4S/c1-5-32(30,31)26-14-21(28)27(20-11-6-16(2)17(3)12-20)23(4,15-26)22(29)25-13-18-7-9-19(24)10-8-18/h6-12H,5,13-15H2,1-4H3,(H,25,29)/t23-/m0/s1. The molecule has 1 heterocycles. The molecule has 32 heavy (non-hydrogen) atoms. The van der Waals surface area contributed by atoms with Gasteiger partial charge in [-0.15, -0.1) is 0 Å². The summed E-state index contributed by atoms with van der Waals surface area (Å²) in [6.45, 7) is 6.54. The van der Waals surface area contributed by atoms with Gasteiger partial charge < -0.3 is 5.32 Å². The Morgan fingerprint density at radius 2 is 1.78 bits per heavy atom. The zero-order chi connectivity index (χ0) is 23.7. The average molecular weight is 462 g/mol. The number of nitrogens with one attached hydrogen (secondary N) is 1. The van der Waals surface area contributed by atoms with Gasteiger partial charge in [-0.1, -0.05) is 18.2 Å². The van der Waals surface area contributed by atoms with Crippen LogP contribution in [0.5, 0.6) is 0 Å². The molecule has 1 saturated heterocycles. The Hall–Kier alpha value is -2.78. The lowest BCUT2D eigenvalue weighted by molar-refractivity contribution is -0.133. The van der Waals surface area contributed by atoms with Crippen molar-refractivity contribution in [3.8, 4) is 0 Å². The Labute approximate surface area is 188 Å². The van der Waals surface area contributed by atoms with Gasteiger partial charge in [-0.2, -0.15) is 4.31 Å². The molecule has 1 aliphatic rings. The number of carbonyl (C=O) groups excluding carboxylic acids is 2. The maximum atomic E-state index is 13.4. The first-order valence-corrected chi connectivity index (χ1v) is 12.0. The van der Waals surface area contributed by atoms with Crippen molar-refractivity contribution in [3.05, 3.63) is 65.0 Å². The highest BCUT2D eigenvalue weighted by Crippen LogP contribution is 2.32. The van der Waals surface area contributed by atoms with E-state index < -0.39 is 27.4 Å². The van der Waals surface area contributed by atoms with E-state index in [0.29, 0.717) is 11.3 Å². The highest BCUT2D eigenvalue weighted by Gasteiger charge is 2.50. The number of anilines is 1. The quantitative estimate of drug-likeness (QED) is 0.716. The maximum absolute atomic E-state index is 13.4. The molecular weight excluding hydrogens is 433 g/mol. The van der Waals surface area contributed by atoms with Crippen LogP contribution in [0.15, 0.2) is 42.5 Å². The van der Waals surface area contributed by atoms with Gasteiger partial charge in [-0.25, -0.2) is 12.8 Å². The summed E-state index contributed by atoms with van der Waals surface area (Å²) in [5, 5.41) is 2.79. The first kappa shape index (κ1) is 23.9. The molecule has 0 radical (unpaired) electrons. The lowest BCUT2D eigenvalue weighted by atomic mass is 9.93. The number of nitrogens with zero attached hydrogens (tertiary/aromatic N) is 2. The van der Waals surface area contributed by atoms with E-state index in [4.69, 9.17) is 0 Å². The molecule has 172 valence electrons. The molecule has 0 spiro atoms. The minimum absolute atomic E-state index is 0.115. The molecule has 9 heteroatoms. The number of carbonyl (C=O) groups is 2. The van der Waals surface area contributed by atoms with Crippen LogP contribution in [-0.2, 0) is 26.2 Å². The molecule has 1 atom stereocenters. The molecule has 1 fully saturated rings. The average Bonchev–Trinajstić information content (AvgIpc) is 2.75. The Balaban J connectivity index is 1.98. The van der Waals surface area contributed by atoms with Crippen LogP contribution in [0.1, 0.15) is 30.5 Å². The summed E-state index contributed by atoms with van der Waals surface area (Å²) in [7, 11) is -3.69. The van der Waals surface area contributed by atoms with Gasteiger partial charge in [0.25, 0.3) is 0 Å². The molecule has 3 rings (SSSR count). The van der Waals surface area contributed by atoms with Gasteiger partial charge in [-0.3, -0.25) is 14.5 Å². The van der Waals surface area contributed by atoms with Gasteiger partial charge >= 0.3 is 0 Å². The topological polar surface area (TPSA) is 86.8 Å². The van der Waals surface area contributed by atoms with Crippen molar-refractivity contribution in [3.63, 3.8) is 0 Å². The van der Waals surface area contributed by atoms with Crippen molar-refractivity contribution in [2.24, 2.45) is 0 Å². The zero-order valence-electron chi connectivity index (χ0n) is 18.7. The van der Waals surface area contributed by atoms with Crippen LogP contribution in [0, 0.1) is 19.7 Å². The van der Waals surface area contributed by atoms with E-state index in [1.54, 1.807) is 25.1 Å². The zero-order valence-corrected chi connectivity index (χ0v) is 19.5. The number of benzene rings is 2. The van der Waals surface area contributed by atoms with Crippen LogP contribution in [0.25, 0.3) is 0 Å². The number of piperazine rings is 1. The summed E-state index contributed by atoms with van der Waals surface area (Å²) in [4.78, 5) is 28.0. The van der Waals surface area contributed by atoms with Crippen LogP contribution in [-0.4, -0.2) is 48.9 Å². The second-order valence-electron chi connectivity index (χ2n) is 8.25. The molecule has 0 aliphatic carbocycles. The molecule has 0 aromatic heterocycles. The fraction of sp³-hybridized carbons (Fsp3) is 0.391. The molecule has 2 aromatic carbocycles. The first-order chi connectivity index (χ1) is 15.0. The number of sulfonamides is 1. The Morgan fingerprint density at radius 3 is 2.38 bits per heavy atom. The first-order valence-electron chi connectivity index (χ1n) is 10.4. The SMILES string of the molecule is CCS(=O)(=O)N1CC(=O)N(c2ccc(C)c(C)c2)[C@](C)(C(=O)NCc2ccc(F)cc2)C1. The number of aryl methyl sites for hydroxylation is 2. The van der Waals surface area contributed by atoms with Crippen LogP contribution in [0.4, 0.5) is 10.1 Å². The Morgan fingerprint density at radius 1 is 1.12 bits per heavy atom. The van der Waals surface area contributed by atoms with Crippen LogP contribution in [0.3, 0.4) is 0 Å². The number of hydrogen-bond acceptors (Lipinski definition) is 4. The predicted octanol–water partition coefficient (Wildman–Crippen LogP) is 2.52.